The van der Waals surface area contributed by atoms with Crippen molar-refractivity contribution in [2.24, 2.45) is 0 Å². The summed E-state index contributed by atoms with van der Waals surface area (Å²) in [5, 5.41) is 14.6. The third-order valence-corrected chi connectivity index (χ3v) is 2.97. The van der Waals surface area contributed by atoms with Crippen LogP contribution in [-0.2, 0) is 0 Å². The predicted octanol–water partition coefficient (Wildman–Crippen LogP) is 1.48. The van der Waals surface area contributed by atoms with Gasteiger partial charge in [0.2, 0.25) is 4.96 Å². The molecule has 0 saturated carbocycles. The van der Waals surface area contributed by atoms with Gasteiger partial charge in [0.15, 0.2) is 11.5 Å². The van der Waals surface area contributed by atoms with Gasteiger partial charge in [0.25, 0.3) is 0 Å². The second-order valence-electron chi connectivity index (χ2n) is 3.16. The van der Waals surface area contributed by atoms with E-state index in [1.807, 2.05) is 6.07 Å². The molecule has 0 bridgehead atoms. The number of aromatic nitrogens is 4. The number of H-pyrrole nitrogens is 1. The zero-order valence-electron chi connectivity index (χ0n) is 7.91. The highest BCUT2D eigenvalue weighted by Crippen LogP contribution is 2.20. The topological polar surface area (TPSA) is 83.3 Å². The molecular weight excluding hydrogens is 228 g/mol. The number of nitrogens with zero attached hydrogens (tertiary/aromatic N) is 3. The first kappa shape index (κ1) is 9.10. The van der Waals surface area contributed by atoms with Crippen LogP contribution in [-0.4, -0.2) is 30.7 Å². The van der Waals surface area contributed by atoms with Gasteiger partial charge in [-0.05, 0) is 6.07 Å². The Morgan fingerprint density at radius 2 is 2.44 bits per heavy atom. The molecule has 3 heterocycles. The fraction of sp³-hybridized carbons (Fsp3) is 0. The molecule has 0 aromatic carbocycles. The first-order chi connectivity index (χ1) is 7.75. The highest BCUT2D eigenvalue weighted by Gasteiger charge is 2.15. The summed E-state index contributed by atoms with van der Waals surface area (Å²) in [5.74, 6) is -0.479. The molecule has 0 saturated heterocycles. The Labute approximate surface area is 93.2 Å². The van der Waals surface area contributed by atoms with Crippen molar-refractivity contribution in [1.82, 2.24) is 19.6 Å². The summed E-state index contributed by atoms with van der Waals surface area (Å²) >= 11 is 1.26. The highest BCUT2D eigenvalue weighted by molar-refractivity contribution is 7.15. The molecule has 0 aliphatic heterocycles. The zero-order valence-corrected chi connectivity index (χ0v) is 8.73. The Hall–Kier alpha value is -2.15. The molecule has 0 fully saturated rings. The van der Waals surface area contributed by atoms with E-state index in [2.05, 4.69) is 15.1 Å². The number of hydrogen-bond acceptors (Lipinski definition) is 4. The normalized spacial score (nSPS) is 11.0. The summed E-state index contributed by atoms with van der Waals surface area (Å²) < 4.78 is 1.34. The molecule has 0 aliphatic carbocycles. The standard InChI is InChI=1S/C9H6N4O2S/c14-8(15)6-4-16-9-11-7(12-13(6)9)5-1-2-10-3-5/h1-4,10H,(H,14,15). The number of fused-ring (bicyclic) bond motifs is 1. The fourth-order valence-corrected chi connectivity index (χ4v) is 2.21. The van der Waals surface area contributed by atoms with Gasteiger partial charge in [-0.3, -0.25) is 0 Å². The lowest BCUT2D eigenvalue weighted by atomic mass is 10.3. The summed E-state index contributed by atoms with van der Waals surface area (Å²) in [6.45, 7) is 0. The van der Waals surface area contributed by atoms with Gasteiger partial charge >= 0.3 is 5.97 Å². The Kier molecular flexibility index (Phi) is 1.80. The largest absolute Gasteiger partial charge is 0.476 e. The third kappa shape index (κ3) is 1.22. The summed E-state index contributed by atoms with van der Waals surface area (Å²) in [5.41, 5.74) is 0.974. The number of carbonyl (C=O) groups is 1. The molecule has 16 heavy (non-hydrogen) atoms. The number of carboxylic acid groups (broad SMARTS) is 1. The van der Waals surface area contributed by atoms with E-state index in [0.717, 1.165) is 5.56 Å². The monoisotopic (exact) mass is 234 g/mol. The van der Waals surface area contributed by atoms with E-state index in [1.54, 1.807) is 12.4 Å². The number of aromatic amines is 1. The maximum absolute atomic E-state index is 10.9. The van der Waals surface area contributed by atoms with E-state index in [9.17, 15) is 4.79 Å². The molecule has 7 heteroatoms. The van der Waals surface area contributed by atoms with Crippen LogP contribution in [0.4, 0.5) is 0 Å². The Morgan fingerprint density at radius 1 is 1.56 bits per heavy atom. The summed E-state index contributed by atoms with van der Waals surface area (Å²) in [7, 11) is 0. The van der Waals surface area contributed by atoms with Crippen molar-refractivity contribution in [2.45, 2.75) is 0 Å². The van der Waals surface area contributed by atoms with Gasteiger partial charge in [-0.25, -0.2) is 4.79 Å². The minimum Gasteiger partial charge on any atom is -0.476 e. The number of hydrogen-bond donors (Lipinski definition) is 2. The second kappa shape index (κ2) is 3.17. The molecular formula is C9H6N4O2S. The van der Waals surface area contributed by atoms with Gasteiger partial charge in [0.05, 0.1) is 0 Å². The minimum atomic E-state index is -1.00. The van der Waals surface area contributed by atoms with Gasteiger partial charge in [-0.1, -0.05) is 0 Å². The molecule has 0 radical (unpaired) electrons. The van der Waals surface area contributed by atoms with Crippen LogP contribution in [0, 0.1) is 0 Å². The molecule has 80 valence electrons. The van der Waals surface area contributed by atoms with E-state index in [-0.39, 0.29) is 5.69 Å². The molecule has 0 unspecified atom stereocenters. The highest BCUT2D eigenvalue weighted by atomic mass is 32.1. The van der Waals surface area contributed by atoms with Crippen molar-refractivity contribution in [3.63, 3.8) is 0 Å². The number of aromatic carboxylic acids is 1. The van der Waals surface area contributed by atoms with E-state index < -0.39 is 5.97 Å². The second-order valence-corrected chi connectivity index (χ2v) is 3.99. The zero-order chi connectivity index (χ0) is 11.1. The van der Waals surface area contributed by atoms with E-state index in [4.69, 9.17) is 5.11 Å². The molecule has 0 spiro atoms. The van der Waals surface area contributed by atoms with Crippen LogP contribution in [0.3, 0.4) is 0 Å². The lowest BCUT2D eigenvalue weighted by molar-refractivity contribution is 0.0688. The lowest BCUT2D eigenvalue weighted by Gasteiger charge is -1.88. The third-order valence-electron chi connectivity index (χ3n) is 2.16. The van der Waals surface area contributed by atoms with Crippen molar-refractivity contribution in [2.75, 3.05) is 0 Å². The molecule has 0 atom stereocenters. The van der Waals surface area contributed by atoms with Gasteiger partial charge in [0, 0.05) is 23.3 Å². The number of thiazole rings is 1. The minimum absolute atomic E-state index is 0.134. The fourth-order valence-electron chi connectivity index (χ4n) is 1.42. The number of carboxylic acids is 1. The van der Waals surface area contributed by atoms with Crippen LogP contribution < -0.4 is 0 Å². The summed E-state index contributed by atoms with van der Waals surface area (Å²) in [6, 6.07) is 1.83. The Bertz CT molecular complexity index is 652. The van der Waals surface area contributed by atoms with Crippen LogP contribution >= 0.6 is 11.3 Å². The van der Waals surface area contributed by atoms with E-state index >= 15 is 0 Å². The van der Waals surface area contributed by atoms with Crippen LogP contribution in [0.25, 0.3) is 16.3 Å². The molecule has 0 amide bonds. The quantitative estimate of drug-likeness (QED) is 0.703. The average Bonchev–Trinajstić information content (AvgIpc) is 2.92. The maximum atomic E-state index is 10.9. The van der Waals surface area contributed by atoms with Gasteiger partial charge in [-0.2, -0.15) is 9.50 Å². The van der Waals surface area contributed by atoms with Gasteiger partial charge in [-0.15, -0.1) is 16.4 Å². The van der Waals surface area contributed by atoms with Crippen molar-refractivity contribution < 1.29 is 9.90 Å². The SMILES string of the molecule is O=C(O)c1csc2nc(-c3cc[nH]c3)nn12. The summed E-state index contributed by atoms with van der Waals surface area (Å²) in [6.07, 6.45) is 3.53. The van der Waals surface area contributed by atoms with Crippen LogP contribution in [0.1, 0.15) is 10.5 Å². The first-order valence-electron chi connectivity index (χ1n) is 4.46. The average molecular weight is 234 g/mol. The predicted molar refractivity (Wildman–Crippen MR) is 57.6 cm³/mol. The smallest absolute Gasteiger partial charge is 0.355 e. The Balaban J connectivity index is 2.20. The van der Waals surface area contributed by atoms with Crippen molar-refractivity contribution in [1.29, 1.82) is 0 Å². The van der Waals surface area contributed by atoms with Gasteiger partial charge < -0.3 is 10.1 Å². The molecule has 3 rings (SSSR count). The van der Waals surface area contributed by atoms with Crippen molar-refractivity contribution in [3.05, 3.63) is 29.5 Å². The summed E-state index contributed by atoms with van der Waals surface area (Å²) in [4.78, 5) is 18.6. The maximum Gasteiger partial charge on any atom is 0.355 e. The Morgan fingerprint density at radius 3 is 3.12 bits per heavy atom. The van der Waals surface area contributed by atoms with E-state index in [0.29, 0.717) is 10.8 Å². The first-order valence-corrected chi connectivity index (χ1v) is 5.34. The molecule has 0 aliphatic rings. The number of nitrogens with one attached hydrogen (secondary N) is 1. The van der Waals surface area contributed by atoms with Crippen LogP contribution in [0.5, 0.6) is 0 Å². The van der Waals surface area contributed by atoms with Gasteiger partial charge in [0.1, 0.15) is 0 Å². The number of rotatable bonds is 2. The molecule has 2 N–H and O–H groups in total. The molecule has 6 nitrogen and oxygen atoms in total. The van der Waals surface area contributed by atoms with Crippen LogP contribution in [0.15, 0.2) is 23.8 Å². The molecule has 3 aromatic heterocycles. The van der Waals surface area contributed by atoms with E-state index in [1.165, 1.54) is 21.2 Å². The molecule has 3 aromatic rings. The van der Waals surface area contributed by atoms with Crippen molar-refractivity contribution in [3.8, 4) is 11.4 Å². The lowest BCUT2D eigenvalue weighted by Crippen LogP contribution is -2.01. The van der Waals surface area contributed by atoms with Crippen molar-refractivity contribution >= 4 is 22.3 Å². The van der Waals surface area contributed by atoms with Crippen LogP contribution in [0.2, 0.25) is 0 Å².